The lowest BCUT2D eigenvalue weighted by molar-refractivity contribution is -0.115. The number of nitrogens with two attached hydrogens (primary N) is 1. The molecule has 25 heavy (non-hydrogen) atoms. The van der Waals surface area contributed by atoms with Gasteiger partial charge in [-0.2, -0.15) is 0 Å². The zero-order chi connectivity index (χ0) is 17.6. The van der Waals surface area contributed by atoms with Gasteiger partial charge in [0.1, 0.15) is 17.9 Å². The number of aromatic nitrogens is 4. The van der Waals surface area contributed by atoms with Crippen molar-refractivity contribution in [2.24, 2.45) is 0 Å². The number of fused-ring (bicyclic) bond motifs is 1. The van der Waals surface area contributed by atoms with Crippen LogP contribution in [-0.4, -0.2) is 48.5 Å². The SMILES string of the molecule is Nc1ncnc2c1ncn2[C@]1(c2ccccc2Cl)O[C@H](CO)C[C@H]1O. The first-order valence-corrected chi connectivity index (χ1v) is 8.11. The lowest BCUT2D eigenvalue weighted by Gasteiger charge is -2.34. The molecule has 3 atom stereocenters. The highest BCUT2D eigenvalue weighted by atomic mass is 35.5. The molecule has 0 bridgehead atoms. The second-order valence-electron chi connectivity index (χ2n) is 5.90. The number of imidazole rings is 1. The molecule has 9 heteroatoms. The van der Waals surface area contributed by atoms with E-state index in [1.54, 1.807) is 28.8 Å². The summed E-state index contributed by atoms with van der Waals surface area (Å²) >= 11 is 6.40. The van der Waals surface area contributed by atoms with Crippen LogP contribution < -0.4 is 5.73 Å². The number of halogens is 1. The second-order valence-corrected chi connectivity index (χ2v) is 6.30. The first-order chi connectivity index (χ1) is 12.1. The van der Waals surface area contributed by atoms with Crippen molar-refractivity contribution in [3.8, 4) is 0 Å². The zero-order valence-corrected chi connectivity index (χ0v) is 13.8. The van der Waals surface area contributed by atoms with Crippen LogP contribution in [0.25, 0.3) is 11.2 Å². The highest BCUT2D eigenvalue weighted by molar-refractivity contribution is 6.31. The molecule has 1 aromatic carbocycles. The van der Waals surface area contributed by atoms with Gasteiger partial charge in [-0.3, -0.25) is 4.57 Å². The summed E-state index contributed by atoms with van der Waals surface area (Å²) < 4.78 is 7.71. The van der Waals surface area contributed by atoms with Crippen LogP contribution in [0, 0.1) is 0 Å². The van der Waals surface area contributed by atoms with Crippen molar-refractivity contribution in [3.63, 3.8) is 0 Å². The van der Waals surface area contributed by atoms with Gasteiger partial charge in [0.15, 0.2) is 11.5 Å². The summed E-state index contributed by atoms with van der Waals surface area (Å²) in [6.07, 6.45) is 1.52. The van der Waals surface area contributed by atoms with E-state index in [0.717, 1.165) is 0 Å². The molecule has 0 radical (unpaired) electrons. The summed E-state index contributed by atoms with van der Waals surface area (Å²) in [6.45, 7) is -0.229. The Morgan fingerprint density at radius 3 is 2.84 bits per heavy atom. The number of benzene rings is 1. The third kappa shape index (κ3) is 2.30. The largest absolute Gasteiger partial charge is 0.394 e. The summed E-state index contributed by atoms with van der Waals surface area (Å²) in [5.74, 6) is 0.226. The Morgan fingerprint density at radius 2 is 2.12 bits per heavy atom. The summed E-state index contributed by atoms with van der Waals surface area (Å²) in [4.78, 5) is 12.4. The van der Waals surface area contributed by atoms with E-state index in [9.17, 15) is 10.2 Å². The normalized spacial score (nSPS) is 26.4. The summed E-state index contributed by atoms with van der Waals surface area (Å²) in [5.41, 5.74) is 5.86. The van der Waals surface area contributed by atoms with Crippen LogP contribution in [0.2, 0.25) is 5.02 Å². The molecular weight excluding hydrogens is 346 g/mol. The number of hydrogen-bond donors (Lipinski definition) is 3. The van der Waals surface area contributed by atoms with Crippen LogP contribution in [0.3, 0.4) is 0 Å². The lowest BCUT2D eigenvalue weighted by Crippen LogP contribution is -2.44. The molecule has 3 heterocycles. The molecule has 0 amide bonds. The summed E-state index contributed by atoms with van der Waals surface area (Å²) in [7, 11) is 0. The van der Waals surface area contributed by atoms with Gasteiger partial charge in [-0.1, -0.05) is 29.8 Å². The second kappa shape index (κ2) is 5.92. The number of aliphatic hydroxyl groups excluding tert-OH is 2. The Morgan fingerprint density at radius 1 is 1.32 bits per heavy atom. The Balaban J connectivity index is 2.02. The molecule has 0 aliphatic carbocycles. The molecule has 0 spiro atoms. The molecule has 1 saturated heterocycles. The minimum Gasteiger partial charge on any atom is -0.394 e. The van der Waals surface area contributed by atoms with Gasteiger partial charge in [0.05, 0.1) is 19.0 Å². The third-order valence-electron chi connectivity index (χ3n) is 4.47. The van der Waals surface area contributed by atoms with Crippen molar-refractivity contribution in [1.29, 1.82) is 0 Å². The first kappa shape index (κ1) is 16.2. The molecule has 3 aromatic rings. The maximum atomic E-state index is 10.9. The average Bonchev–Trinajstić information content (AvgIpc) is 3.18. The third-order valence-corrected chi connectivity index (χ3v) is 4.80. The molecule has 1 aliphatic rings. The van der Waals surface area contributed by atoms with E-state index in [2.05, 4.69) is 15.0 Å². The molecular formula is C16H16ClN5O3. The van der Waals surface area contributed by atoms with E-state index in [1.165, 1.54) is 12.7 Å². The summed E-state index contributed by atoms with van der Waals surface area (Å²) in [6, 6.07) is 7.06. The van der Waals surface area contributed by atoms with Crippen molar-refractivity contribution in [2.75, 3.05) is 12.3 Å². The molecule has 1 fully saturated rings. The molecule has 4 rings (SSSR count). The highest BCUT2D eigenvalue weighted by Gasteiger charge is 2.52. The zero-order valence-electron chi connectivity index (χ0n) is 13.1. The van der Waals surface area contributed by atoms with Gasteiger partial charge in [-0.15, -0.1) is 0 Å². The Bertz CT molecular complexity index is 933. The maximum absolute atomic E-state index is 10.9. The first-order valence-electron chi connectivity index (χ1n) is 7.73. The number of hydrogen-bond acceptors (Lipinski definition) is 7. The highest BCUT2D eigenvalue weighted by Crippen LogP contribution is 2.44. The van der Waals surface area contributed by atoms with E-state index < -0.39 is 17.9 Å². The van der Waals surface area contributed by atoms with Crippen molar-refractivity contribution >= 4 is 28.6 Å². The van der Waals surface area contributed by atoms with Crippen LogP contribution in [-0.2, 0) is 10.5 Å². The average molecular weight is 362 g/mol. The Labute approximate surface area is 147 Å². The van der Waals surface area contributed by atoms with Gasteiger partial charge in [0.25, 0.3) is 0 Å². The topological polar surface area (TPSA) is 119 Å². The van der Waals surface area contributed by atoms with Crippen LogP contribution in [0.4, 0.5) is 5.82 Å². The number of nitrogen functional groups attached to an aromatic ring is 1. The van der Waals surface area contributed by atoms with Gasteiger partial charge < -0.3 is 20.7 Å². The van der Waals surface area contributed by atoms with E-state index in [-0.39, 0.29) is 18.8 Å². The number of aliphatic hydroxyl groups is 2. The van der Waals surface area contributed by atoms with Gasteiger partial charge in [0.2, 0.25) is 5.72 Å². The van der Waals surface area contributed by atoms with Gasteiger partial charge in [-0.05, 0) is 6.07 Å². The van der Waals surface area contributed by atoms with Gasteiger partial charge in [0, 0.05) is 17.0 Å². The number of nitrogens with zero attached hydrogens (tertiary/aromatic N) is 4. The van der Waals surface area contributed by atoms with E-state index >= 15 is 0 Å². The van der Waals surface area contributed by atoms with Crippen molar-refractivity contribution < 1.29 is 14.9 Å². The molecule has 4 N–H and O–H groups in total. The number of anilines is 1. The Kier molecular flexibility index (Phi) is 3.84. The molecule has 1 aliphatic heterocycles. The minimum absolute atomic E-state index is 0.226. The fourth-order valence-electron chi connectivity index (χ4n) is 3.34. The fraction of sp³-hybridized carbons (Fsp3) is 0.312. The van der Waals surface area contributed by atoms with Crippen LogP contribution in [0.15, 0.2) is 36.9 Å². The lowest BCUT2D eigenvalue weighted by atomic mass is 9.95. The van der Waals surface area contributed by atoms with Gasteiger partial charge in [-0.25, -0.2) is 15.0 Å². The van der Waals surface area contributed by atoms with E-state index in [0.29, 0.717) is 21.7 Å². The molecule has 8 nitrogen and oxygen atoms in total. The van der Waals surface area contributed by atoms with Crippen LogP contribution in [0.1, 0.15) is 12.0 Å². The monoisotopic (exact) mass is 361 g/mol. The Hall–Kier alpha value is -2.26. The fourth-order valence-corrected chi connectivity index (χ4v) is 3.61. The van der Waals surface area contributed by atoms with E-state index in [1.807, 2.05) is 0 Å². The van der Waals surface area contributed by atoms with Crippen LogP contribution >= 0.6 is 11.6 Å². The maximum Gasteiger partial charge on any atom is 0.201 e. The molecule has 0 saturated carbocycles. The molecule has 130 valence electrons. The smallest absolute Gasteiger partial charge is 0.201 e. The molecule has 0 unspecified atom stereocenters. The quantitative estimate of drug-likeness (QED) is 0.634. The van der Waals surface area contributed by atoms with Crippen molar-refractivity contribution in [2.45, 2.75) is 24.4 Å². The predicted octanol–water partition coefficient (Wildman–Crippen LogP) is 0.905. The van der Waals surface area contributed by atoms with Gasteiger partial charge >= 0.3 is 0 Å². The number of rotatable bonds is 3. The number of ether oxygens (including phenoxy) is 1. The standard InChI is InChI=1S/C16H16ClN5O3/c17-11-4-2-1-3-10(11)16(12(24)5-9(6-23)25-16)22-8-21-13-14(18)19-7-20-15(13)22/h1-4,7-9,12,23-24H,5-6H2,(H2,18,19,20)/t9-,12+,16+/m0/s1. The minimum atomic E-state index is -1.37. The van der Waals surface area contributed by atoms with Crippen LogP contribution in [0.5, 0.6) is 0 Å². The predicted molar refractivity (Wildman–Crippen MR) is 90.8 cm³/mol. The molecule has 2 aromatic heterocycles. The van der Waals surface area contributed by atoms with Crippen molar-refractivity contribution in [1.82, 2.24) is 19.5 Å². The van der Waals surface area contributed by atoms with E-state index in [4.69, 9.17) is 22.1 Å². The van der Waals surface area contributed by atoms with Crippen molar-refractivity contribution in [3.05, 3.63) is 47.5 Å². The summed E-state index contributed by atoms with van der Waals surface area (Å²) in [5, 5.41) is 20.9.